The fourth-order valence-corrected chi connectivity index (χ4v) is 3.30. The number of pyridine rings is 1. The lowest BCUT2D eigenvalue weighted by Crippen LogP contribution is -2.31. The maximum absolute atomic E-state index is 12.5. The van der Waals surface area contributed by atoms with Crippen LogP contribution in [-0.2, 0) is 29.7 Å². The van der Waals surface area contributed by atoms with Crippen molar-refractivity contribution in [2.24, 2.45) is 7.05 Å². The molecule has 0 N–H and O–H groups in total. The first-order chi connectivity index (χ1) is 13.2. The molecule has 0 bridgehead atoms. The molecule has 132 valence electrons. The number of fused-ring (bicyclic) bond motifs is 1. The van der Waals surface area contributed by atoms with E-state index in [1.54, 1.807) is 45.5 Å². The highest BCUT2D eigenvalue weighted by atomic mass is 32.1. The van der Waals surface area contributed by atoms with E-state index < -0.39 is 13.6 Å². The van der Waals surface area contributed by atoms with Gasteiger partial charge >= 0.3 is 5.69 Å². The first-order valence-electron chi connectivity index (χ1n) is 9.15. The molecular weight excluding hydrogens is 340 g/mol. The average molecular weight is 363 g/mol. The normalized spacial score (nSPS) is 13.5. The van der Waals surface area contributed by atoms with E-state index in [0.29, 0.717) is 21.6 Å². The third-order valence-electron chi connectivity index (χ3n) is 3.83. The van der Waals surface area contributed by atoms with Crippen molar-refractivity contribution in [3.8, 4) is 10.4 Å². The van der Waals surface area contributed by atoms with Crippen molar-refractivity contribution in [1.29, 1.82) is 0 Å². The van der Waals surface area contributed by atoms with Gasteiger partial charge < -0.3 is 9.64 Å². The number of rotatable bonds is 5. The minimum Gasteiger partial charge on any atom is -0.379 e. The van der Waals surface area contributed by atoms with E-state index in [9.17, 15) is 9.59 Å². The number of ether oxygens (including phenoxy) is 1. The number of hydrogen-bond acceptors (Lipinski definition) is 5. The standard InChI is InChI=1S/C17H20N4O3S/c1-19(2)15(22)9-21-13-7-11(8-18-16(13)20(3)17(21)23)14-6-5-12(25-14)10-24-4/h5-8H,9-10H2,1-4H3/i4D,10D2. The van der Waals surface area contributed by atoms with Crippen LogP contribution in [0.25, 0.3) is 21.6 Å². The van der Waals surface area contributed by atoms with Gasteiger partial charge in [0.1, 0.15) is 6.54 Å². The van der Waals surface area contributed by atoms with Crippen molar-refractivity contribution >= 4 is 28.4 Å². The molecule has 3 rings (SSSR count). The first-order valence-corrected chi connectivity index (χ1v) is 8.26. The average Bonchev–Trinajstić information content (AvgIpc) is 3.22. The Morgan fingerprint density at radius 2 is 2.28 bits per heavy atom. The monoisotopic (exact) mass is 363 g/mol. The highest BCUT2D eigenvalue weighted by Crippen LogP contribution is 2.29. The number of aryl methyl sites for hydroxylation is 1. The van der Waals surface area contributed by atoms with Gasteiger partial charge in [-0.1, -0.05) is 0 Å². The van der Waals surface area contributed by atoms with Gasteiger partial charge in [0.2, 0.25) is 5.91 Å². The number of hydrogen-bond donors (Lipinski definition) is 0. The molecule has 0 aliphatic rings. The Morgan fingerprint density at radius 3 is 3.00 bits per heavy atom. The van der Waals surface area contributed by atoms with E-state index >= 15 is 0 Å². The molecular formula is C17H20N4O3S. The predicted molar refractivity (Wildman–Crippen MR) is 97.7 cm³/mol. The van der Waals surface area contributed by atoms with E-state index in [1.807, 2.05) is 0 Å². The lowest BCUT2D eigenvalue weighted by Gasteiger charge is -2.10. The van der Waals surface area contributed by atoms with Crippen LogP contribution in [0.2, 0.25) is 0 Å². The van der Waals surface area contributed by atoms with Gasteiger partial charge in [0.15, 0.2) is 5.65 Å². The van der Waals surface area contributed by atoms with Gasteiger partial charge in [-0.05, 0) is 18.2 Å². The Kier molecular flexibility index (Phi) is 3.76. The number of likely N-dealkylation sites (N-methyl/N-ethyl adjacent to an activating group) is 1. The number of thiophene rings is 1. The molecule has 3 heterocycles. The molecule has 0 saturated carbocycles. The zero-order valence-electron chi connectivity index (χ0n) is 17.1. The second-order valence-corrected chi connectivity index (χ2v) is 6.78. The van der Waals surface area contributed by atoms with Gasteiger partial charge in [0, 0.05) is 49.7 Å². The minimum absolute atomic E-state index is 0.0934. The quantitative estimate of drug-likeness (QED) is 0.692. The first kappa shape index (κ1) is 13.8. The van der Waals surface area contributed by atoms with Gasteiger partial charge in [0.25, 0.3) is 0 Å². The largest absolute Gasteiger partial charge is 0.379 e. The highest BCUT2D eigenvalue weighted by molar-refractivity contribution is 7.15. The molecule has 0 unspecified atom stereocenters. The maximum Gasteiger partial charge on any atom is 0.330 e. The van der Waals surface area contributed by atoms with Crippen LogP contribution >= 0.6 is 11.3 Å². The lowest BCUT2D eigenvalue weighted by atomic mass is 10.2. The number of imidazole rings is 1. The zero-order valence-corrected chi connectivity index (χ0v) is 15.0. The number of carbonyl (C=O) groups excluding carboxylic acids is 1. The molecule has 0 aromatic carbocycles. The van der Waals surface area contributed by atoms with E-state index in [2.05, 4.69) is 4.98 Å². The van der Waals surface area contributed by atoms with E-state index in [1.165, 1.54) is 25.4 Å². The Morgan fingerprint density at radius 1 is 1.48 bits per heavy atom. The van der Waals surface area contributed by atoms with Crippen LogP contribution in [0.4, 0.5) is 0 Å². The SMILES string of the molecule is [2H]COC([2H])([2H])c1ccc(-c2cnc3c(c2)n(CC(=O)N(C)C)c(=O)n3C)s1. The van der Waals surface area contributed by atoms with Crippen molar-refractivity contribution in [3.05, 3.63) is 39.8 Å². The predicted octanol–water partition coefficient (Wildman–Crippen LogP) is 1.70. The summed E-state index contributed by atoms with van der Waals surface area (Å²) in [6.07, 6.45) is 1.61. The number of carbonyl (C=O) groups is 1. The van der Waals surface area contributed by atoms with Crippen molar-refractivity contribution in [2.45, 2.75) is 13.1 Å². The summed E-state index contributed by atoms with van der Waals surface area (Å²) in [4.78, 5) is 31.5. The molecule has 7 nitrogen and oxygen atoms in total. The molecule has 0 aliphatic carbocycles. The Balaban J connectivity index is 2.06. The lowest BCUT2D eigenvalue weighted by molar-refractivity contribution is -0.129. The Bertz CT molecular complexity index is 1090. The summed E-state index contributed by atoms with van der Waals surface area (Å²) in [6, 6.07) is 5.11. The fourth-order valence-electron chi connectivity index (χ4n) is 2.46. The number of amides is 1. The Hall–Kier alpha value is -2.45. The topological polar surface area (TPSA) is 69.4 Å². The molecule has 0 spiro atoms. The van der Waals surface area contributed by atoms with Crippen LogP contribution in [0.5, 0.6) is 0 Å². The van der Waals surface area contributed by atoms with E-state index in [0.717, 1.165) is 4.88 Å². The molecule has 0 radical (unpaired) electrons. The molecule has 8 heteroatoms. The number of aromatic nitrogens is 3. The van der Waals surface area contributed by atoms with Crippen molar-refractivity contribution < 1.29 is 13.6 Å². The van der Waals surface area contributed by atoms with Gasteiger partial charge in [-0.3, -0.25) is 13.9 Å². The third-order valence-corrected chi connectivity index (χ3v) is 4.86. The van der Waals surface area contributed by atoms with Crippen molar-refractivity contribution in [2.75, 3.05) is 21.2 Å². The van der Waals surface area contributed by atoms with Crippen LogP contribution < -0.4 is 5.69 Å². The summed E-state index contributed by atoms with van der Waals surface area (Å²) >= 11 is 1.18. The van der Waals surface area contributed by atoms with Crippen molar-refractivity contribution in [3.63, 3.8) is 0 Å². The summed E-state index contributed by atoms with van der Waals surface area (Å²) in [5.74, 6) is -0.209. The summed E-state index contributed by atoms with van der Waals surface area (Å²) in [6.45, 7) is -2.14. The van der Waals surface area contributed by atoms with Crippen LogP contribution in [-0.4, -0.2) is 46.1 Å². The molecule has 0 aliphatic heterocycles. The van der Waals surface area contributed by atoms with Crippen LogP contribution in [0.15, 0.2) is 29.2 Å². The van der Waals surface area contributed by atoms with Gasteiger partial charge in [-0.25, -0.2) is 9.78 Å². The summed E-state index contributed by atoms with van der Waals surface area (Å²) in [7, 11) is 4.37. The smallest absolute Gasteiger partial charge is 0.330 e. The summed E-state index contributed by atoms with van der Waals surface area (Å²) < 4.78 is 30.5. The van der Waals surface area contributed by atoms with Gasteiger partial charge in [-0.15, -0.1) is 11.3 Å². The minimum atomic E-state index is -2.05. The molecule has 1 amide bonds. The van der Waals surface area contributed by atoms with Crippen LogP contribution in [0, 0.1) is 0 Å². The number of nitrogens with zero attached hydrogens (tertiary/aromatic N) is 4. The molecule has 25 heavy (non-hydrogen) atoms. The Labute approximate surface area is 153 Å². The number of methoxy groups -OCH3 is 1. The second kappa shape index (κ2) is 6.81. The van der Waals surface area contributed by atoms with E-state index in [-0.39, 0.29) is 18.1 Å². The van der Waals surface area contributed by atoms with Crippen LogP contribution in [0.3, 0.4) is 0 Å². The molecule has 0 fully saturated rings. The highest BCUT2D eigenvalue weighted by Gasteiger charge is 2.17. The zero-order chi connectivity index (χ0) is 20.6. The van der Waals surface area contributed by atoms with Gasteiger partial charge in [-0.2, -0.15) is 0 Å². The van der Waals surface area contributed by atoms with E-state index in [4.69, 9.17) is 8.85 Å². The second-order valence-electron chi connectivity index (χ2n) is 5.69. The molecule has 3 aromatic heterocycles. The van der Waals surface area contributed by atoms with Crippen LogP contribution in [0.1, 0.15) is 8.99 Å². The van der Waals surface area contributed by atoms with Gasteiger partial charge in [0.05, 0.1) is 16.2 Å². The van der Waals surface area contributed by atoms with Crippen molar-refractivity contribution in [1.82, 2.24) is 19.0 Å². The third kappa shape index (κ3) is 3.22. The fraction of sp³-hybridized carbons (Fsp3) is 0.353. The maximum atomic E-state index is 12.5. The molecule has 3 aromatic rings. The summed E-state index contributed by atoms with van der Waals surface area (Å²) in [5.41, 5.74) is 1.36. The summed E-state index contributed by atoms with van der Waals surface area (Å²) in [5, 5.41) is 0. The molecule has 0 atom stereocenters. The molecule has 0 saturated heterocycles.